The molecule has 0 spiro atoms. The van der Waals surface area contributed by atoms with Crippen LogP contribution in [0.2, 0.25) is 51.4 Å². The van der Waals surface area contributed by atoms with Gasteiger partial charge in [-0.2, -0.15) is 9.61 Å². The molecular weight excluding hydrogens is 609 g/mol. The lowest BCUT2D eigenvalue weighted by Gasteiger charge is -2.30. The molecule has 0 saturated carbocycles. The summed E-state index contributed by atoms with van der Waals surface area (Å²) in [5.41, 5.74) is 3.38. The third-order valence-electron chi connectivity index (χ3n) is 7.82. The second-order valence-electron chi connectivity index (χ2n) is 14.1. The third-order valence-corrected chi connectivity index (χ3v) is 12.8. The van der Waals surface area contributed by atoms with Gasteiger partial charge in [0.2, 0.25) is 0 Å². The van der Waals surface area contributed by atoms with Crippen molar-refractivity contribution < 1.29 is 17.9 Å². The molecule has 44 heavy (non-hydrogen) atoms. The predicted octanol–water partition coefficient (Wildman–Crippen LogP) is 5.61. The number of hydrogen-bond acceptors (Lipinski definition) is 9. The molecule has 1 aliphatic rings. The highest BCUT2D eigenvalue weighted by Crippen LogP contribution is 2.31. The molecule has 0 radical (unpaired) electrons. The highest BCUT2D eigenvalue weighted by molar-refractivity contribution is 7.91. The molecule has 0 unspecified atom stereocenters. The molecule has 1 fully saturated rings. The zero-order valence-corrected chi connectivity index (χ0v) is 29.7. The Balaban J connectivity index is 1.54. The fourth-order valence-electron chi connectivity index (χ4n) is 4.96. The Morgan fingerprint density at radius 2 is 1.52 bits per heavy atom. The molecule has 0 atom stereocenters. The number of anilines is 2. The maximum Gasteiger partial charge on any atom is 0.167 e. The molecule has 0 bridgehead atoms. The van der Waals surface area contributed by atoms with Crippen LogP contribution in [0.4, 0.5) is 11.6 Å². The van der Waals surface area contributed by atoms with Gasteiger partial charge < -0.3 is 19.3 Å². The van der Waals surface area contributed by atoms with Crippen LogP contribution in [-0.2, 0) is 19.3 Å². The van der Waals surface area contributed by atoms with Crippen LogP contribution in [0.1, 0.15) is 0 Å². The number of fused-ring (bicyclic) bond motifs is 2. The molecule has 0 N–H and O–H groups in total. The van der Waals surface area contributed by atoms with Gasteiger partial charge in [0, 0.05) is 71.2 Å². The van der Waals surface area contributed by atoms with Crippen molar-refractivity contribution in [1.29, 1.82) is 0 Å². The monoisotopic (exact) mass is 654 g/mol. The van der Waals surface area contributed by atoms with Gasteiger partial charge in [-0.3, -0.25) is 4.98 Å². The number of sulfone groups is 1. The Morgan fingerprint density at radius 3 is 2.16 bits per heavy atom. The molecule has 238 valence electrons. The quantitative estimate of drug-likeness (QED) is 0.103. The van der Waals surface area contributed by atoms with Crippen molar-refractivity contribution in [2.45, 2.75) is 51.4 Å². The van der Waals surface area contributed by atoms with E-state index in [0.29, 0.717) is 51.2 Å². The van der Waals surface area contributed by atoms with Crippen LogP contribution < -0.4 is 9.80 Å². The molecule has 0 aliphatic carbocycles. The lowest BCUT2D eigenvalue weighted by atomic mass is 10.1. The molecule has 1 aromatic carbocycles. The van der Waals surface area contributed by atoms with Crippen molar-refractivity contribution >= 4 is 54.2 Å². The molecule has 1 aliphatic heterocycles. The van der Waals surface area contributed by atoms with E-state index in [-0.39, 0.29) is 11.5 Å². The first-order chi connectivity index (χ1) is 20.8. The van der Waals surface area contributed by atoms with E-state index >= 15 is 0 Å². The first-order valence-electron chi connectivity index (χ1n) is 15.4. The number of pyridine rings is 1. The summed E-state index contributed by atoms with van der Waals surface area (Å²) in [5.74, 6) is 1.73. The standard InChI is InChI=1S/C31H46N6O4SSi2/c1-43(2,3)17-13-40-23-36(24-41-14-18-44(4,5)6)30-20-29(35-11-15-42(38,39)16-12-35)34-31-27(22-33-37(30)31)26-19-25-9-7-8-10-28(25)32-21-26/h7-10,19-22H,11-18,23-24H2,1-6H3. The third kappa shape index (κ3) is 8.44. The molecule has 0 amide bonds. The number of hydrogen-bond donors (Lipinski definition) is 0. The van der Waals surface area contributed by atoms with Gasteiger partial charge in [-0.25, -0.2) is 13.4 Å². The molecule has 3 aromatic heterocycles. The lowest BCUT2D eigenvalue weighted by Crippen LogP contribution is -2.41. The van der Waals surface area contributed by atoms with Crippen molar-refractivity contribution in [2.75, 3.05) is 61.1 Å². The van der Waals surface area contributed by atoms with Gasteiger partial charge in [-0.15, -0.1) is 0 Å². The van der Waals surface area contributed by atoms with E-state index in [4.69, 9.17) is 19.6 Å². The van der Waals surface area contributed by atoms with Gasteiger partial charge in [-0.05, 0) is 24.2 Å². The maximum absolute atomic E-state index is 12.3. The summed E-state index contributed by atoms with van der Waals surface area (Å²) in [4.78, 5) is 13.9. The van der Waals surface area contributed by atoms with Crippen molar-refractivity contribution in [2.24, 2.45) is 0 Å². The van der Waals surface area contributed by atoms with E-state index in [9.17, 15) is 8.42 Å². The normalized spacial score (nSPS) is 15.7. The summed E-state index contributed by atoms with van der Waals surface area (Å²) in [6, 6.07) is 14.3. The molecule has 4 heterocycles. The zero-order valence-electron chi connectivity index (χ0n) is 26.9. The Hall–Kier alpha value is -2.85. The topological polar surface area (TPSA) is 102 Å². The Bertz CT molecular complexity index is 1670. The number of nitrogens with zero attached hydrogens (tertiary/aromatic N) is 6. The minimum atomic E-state index is -3.05. The molecule has 10 nitrogen and oxygen atoms in total. The number of rotatable bonds is 13. The fraction of sp³-hybridized carbons (Fsp3) is 0.516. The van der Waals surface area contributed by atoms with Gasteiger partial charge in [0.25, 0.3) is 0 Å². The first kappa shape index (κ1) is 32.5. The van der Waals surface area contributed by atoms with E-state index in [1.54, 1.807) is 0 Å². The van der Waals surface area contributed by atoms with Gasteiger partial charge in [-0.1, -0.05) is 57.5 Å². The van der Waals surface area contributed by atoms with Gasteiger partial charge in [0.1, 0.15) is 25.1 Å². The molecule has 13 heteroatoms. The smallest absolute Gasteiger partial charge is 0.167 e. The van der Waals surface area contributed by atoms with Crippen molar-refractivity contribution in [3.05, 3.63) is 48.8 Å². The molecule has 1 saturated heterocycles. The van der Waals surface area contributed by atoms with E-state index < -0.39 is 26.0 Å². The Labute approximate surface area is 263 Å². The zero-order chi connectivity index (χ0) is 31.5. The highest BCUT2D eigenvalue weighted by atomic mass is 32.2. The van der Waals surface area contributed by atoms with Crippen LogP contribution in [0.15, 0.2) is 48.8 Å². The van der Waals surface area contributed by atoms with Crippen LogP contribution in [0.3, 0.4) is 0 Å². The van der Waals surface area contributed by atoms with Crippen LogP contribution >= 0.6 is 0 Å². The molecular formula is C31H46N6O4SSi2. The Kier molecular flexibility index (Phi) is 9.80. The number of aromatic nitrogens is 4. The van der Waals surface area contributed by atoms with Crippen LogP contribution in [-0.4, -0.2) is 95.4 Å². The summed E-state index contributed by atoms with van der Waals surface area (Å²) in [6.45, 7) is 16.9. The second-order valence-corrected chi connectivity index (χ2v) is 27.6. The van der Waals surface area contributed by atoms with Gasteiger partial charge in [0.15, 0.2) is 15.5 Å². The van der Waals surface area contributed by atoms with E-state index in [1.165, 1.54) is 0 Å². The number of benzene rings is 1. The van der Waals surface area contributed by atoms with Crippen LogP contribution in [0, 0.1) is 0 Å². The van der Waals surface area contributed by atoms with E-state index in [1.807, 2.05) is 47.2 Å². The maximum atomic E-state index is 12.3. The van der Waals surface area contributed by atoms with Gasteiger partial charge in [0.05, 0.1) is 23.2 Å². The SMILES string of the molecule is C[Si](C)(C)CCOCN(COCC[Si](C)(C)C)c1cc(N2CCS(=O)(=O)CC2)nc2c(-c3cnc4ccccc4c3)cnn12. The minimum Gasteiger partial charge on any atom is -0.361 e. The predicted molar refractivity (Wildman–Crippen MR) is 185 cm³/mol. The summed E-state index contributed by atoms with van der Waals surface area (Å²) >= 11 is 0. The van der Waals surface area contributed by atoms with E-state index in [2.05, 4.69) is 60.1 Å². The number of ether oxygens (including phenoxy) is 2. The first-order valence-corrected chi connectivity index (χ1v) is 24.6. The largest absolute Gasteiger partial charge is 0.361 e. The summed E-state index contributed by atoms with van der Waals surface area (Å²) < 4.78 is 38.8. The average Bonchev–Trinajstić information content (AvgIpc) is 3.39. The summed E-state index contributed by atoms with van der Waals surface area (Å²) in [5, 5.41) is 5.85. The number of para-hydroxylation sites is 1. The van der Waals surface area contributed by atoms with Crippen molar-refractivity contribution in [1.82, 2.24) is 19.6 Å². The fourth-order valence-corrected chi connectivity index (χ4v) is 7.68. The van der Waals surface area contributed by atoms with Crippen LogP contribution in [0.5, 0.6) is 0 Å². The summed E-state index contributed by atoms with van der Waals surface area (Å²) in [7, 11) is -5.57. The summed E-state index contributed by atoms with van der Waals surface area (Å²) in [6.07, 6.45) is 3.69. The van der Waals surface area contributed by atoms with E-state index in [0.717, 1.165) is 39.9 Å². The molecule has 4 aromatic rings. The van der Waals surface area contributed by atoms with Crippen molar-refractivity contribution in [3.8, 4) is 11.1 Å². The highest BCUT2D eigenvalue weighted by Gasteiger charge is 2.26. The lowest BCUT2D eigenvalue weighted by molar-refractivity contribution is 0.0942. The van der Waals surface area contributed by atoms with Gasteiger partial charge >= 0.3 is 0 Å². The second kappa shape index (κ2) is 13.3. The average molecular weight is 655 g/mol. The van der Waals surface area contributed by atoms with Crippen molar-refractivity contribution in [3.63, 3.8) is 0 Å². The minimum absolute atomic E-state index is 0.110. The Morgan fingerprint density at radius 1 is 0.886 bits per heavy atom. The van der Waals surface area contributed by atoms with Crippen LogP contribution in [0.25, 0.3) is 27.7 Å². The molecule has 5 rings (SSSR count).